The minimum absolute atomic E-state index is 0.00553. The lowest BCUT2D eigenvalue weighted by atomic mass is 9.98. The zero-order valence-electron chi connectivity index (χ0n) is 12.3. The van der Waals surface area contributed by atoms with Crippen LogP contribution in [0, 0.1) is 0 Å². The molecule has 2 unspecified atom stereocenters. The van der Waals surface area contributed by atoms with Gasteiger partial charge in [-0.05, 0) is 39.8 Å². The number of hydrogen-bond acceptors (Lipinski definition) is 3. The third kappa shape index (κ3) is 5.19. The number of piperidine rings is 1. The molecular formula is C14H26N2O3. The van der Waals surface area contributed by atoms with E-state index in [1.54, 1.807) is 18.9 Å². The Morgan fingerprint density at radius 1 is 1.42 bits per heavy atom. The van der Waals surface area contributed by atoms with Crippen molar-refractivity contribution in [2.75, 3.05) is 20.6 Å². The maximum Gasteiger partial charge on any atom is 0.305 e. The zero-order valence-corrected chi connectivity index (χ0v) is 12.3. The molecule has 1 amide bonds. The van der Waals surface area contributed by atoms with E-state index >= 15 is 0 Å². The zero-order chi connectivity index (χ0) is 14.4. The molecule has 1 fully saturated rings. The predicted octanol–water partition coefficient (Wildman–Crippen LogP) is 1.57. The lowest BCUT2D eigenvalue weighted by Crippen LogP contribution is -2.39. The topological polar surface area (TPSA) is 60.9 Å². The van der Waals surface area contributed by atoms with Crippen LogP contribution in [0.2, 0.25) is 0 Å². The van der Waals surface area contributed by atoms with Gasteiger partial charge in [0.15, 0.2) is 0 Å². The summed E-state index contributed by atoms with van der Waals surface area (Å²) in [5.74, 6) is -0.813. The highest BCUT2D eigenvalue weighted by molar-refractivity contribution is 5.77. The Hall–Kier alpha value is -1.10. The number of rotatable bonds is 6. The standard InChI is InChI=1S/C14H26N2O3/c1-11(10-14(18)19)16(3)13(17)8-7-12-6-4-5-9-15(12)2/h11-12H,4-10H2,1-3H3,(H,18,19). The summed E-state index contributed by atoms with van der Waals surface area (Å²) < 4.78 is 0. The molecule has 110 valence electrons. The van der Waals surface area contributed by atoms with Gasteiger partial charge in [-0.1, -0.05) is 6.42 Å². The van der Waals surface area contributed by atoms with Gasteiger partial charge in [-0.2, -0.15) is 0 Å². The Kier molecular flexibility index (Phi) is 6.28. The molecule has 1 heterocycles. The molecule has 1 aliphatic heterocycles. The number of carbonyl (C=O) groups is 2. The van der Waals surface area contributed by atoms with E-state index < -0.39 is 5.97 Å². The van der Waals surface area contributed by atoms with Crippen LogP contribution in [0.4, 0.5) is 0 Å². The highest BCUT2D eigenvalue weighted by Crippen LogP contribution is 2.19. The average molecular weight is 270 g/mol. The van der Waals surface area contributed by atoms with E-state index in [4.69, 9.17) is 5.11 Å². The maximum absolute atomic E-state index is 12.0. The van der Waals surface area contributed by atoms with Crippen molar-refractivity contribution >= 4 is 11.9 Å². The van der Waals surface area contributed by atoms with Gasteiger partial charge in [0, 0.05) is 25.6 Å². The molecule has 2 atom stereocenters. The van der Waals surface area contributed by atoms with Gasteiger partial charge in [0.2, 0.25) is 5.91 Å². The first-order valence-corrected chi connectivity index (χ1v) is 7.09. The highest BCUT2D eigenvalue weighted by atomic mass is 16.4. The quantitative estimate of drug-likeness (QED) is 0.796. The number of likely N-dealkylation sites (tertiary alicyclic amines) is 1. The normalized spacial score (nSPS) is 21.9. The molecule has 0 aromatic rings. The summed E-state index contributed by atoms with van der Waals surface area (Å²) in [7, 11) is 3.81. The van der Waals surface area contributed by atoms with E-state index in [1.165, 1.54) is 12.8 Å². The van der Waals surface area contributed by atoms with Crippen LogP contribution >= 0.6 is 0 Å². The van der Waals surface area contributed by atoms with E-state index in [0.29, 0.717) is 12.5 Å². The minimum atomic E-state index is -0.862. The van der Waals surface area contributed by atoms with Gasteiger partial charge >= 0.3 is 5.97 Å². The second-order valence-corrected chi connectivity index (χ2v) is 5.62. The molecule has 0 aromatic heterocycles. The summed E-state index contributed by atoms with van der Waals surface area (Å²) >= 11 is 0. The van der Waals surface area contributed by atoms with E-state index in [2.05, 4.69) is 11.9 Å². The van der Waals surface area contributed by atoms with Gasteiger partial charge in [-0.25, -0.2) is 0 Å². The minimum Gasteiger partial charge on any atom is -0.481 e. The van der Waals surface area contributed by atoms with Crippen molar-refractivity contribution < 1.29 is 14.7 Å². The molecular weight excluding hydrogens is 244 g/mol. The van der Waals surface area contributed by atoms with Crippen LogP contribution in [-0.2, 0) is 9.59 Å². The van der Waals surface area contributed by atoms with Crippen molar-refractivity contribution in [3.8, 4) is 0 Å². The number of amides is 1. The smallest absolute Gasteiger partial charge is 0.305 e. The SMILES string of the molecule is CC(CC(=O)O)N(C)C(=O)CCC1CCCCN1C. The van der Waals surface area contributed by atoms with Crippen molar-refractivity contribution in [2.24, 2.45) is 0 Å². The van der Waals surface area contributed by atoms with Crippen LogP contribution in [0.25, 0.3) is 0 Å². The van der Waals surface area contributed by atoms with Crippen LogP contribution in [-0.4, -0.2) is 59.5 Å². The van der Waals surface area contributed by atoms with Crippen LogP contribution in [0.1, 0.15) is 45.4 Å². The molecule has 1 saturated heterocycles. The third-order valence-electron chi connectivity index (χ3n) is 4.14. The van der Waals surface area contributed by atoms with Gasteiger partial charge < -0.3 is 14.9 Å². The first kappa shape index (κ1) is 16.0. The fourth-order valence-corrected chi connectivity index (χ4v) is 2.61. The lowest BCUT2D eigenvalue weighted by Gasteiger charge is -2.33. The molecule has 1 N–H and O–H groups in total. The molecule has 5 nitrogen and oxygen atoms in total. The van der Waals surface area contributed by atoms with Gasteiger partial charge in [0.05, 0.1) is 6.42 Å². The molecule has 1 aliphatic rings. The summed E-state index contributed by atoms with van der Waals surface area (Å²) in [6.07, 6.45) is 5.05. The Labute approximate surface area is 115 Å². The third-order valence-corrected chi connectivity index (χ3v) is 4.14. The molecule has 0 spiro atoms. The van der Waals surface area contributed by atoms with Crippen molar-refractivity contribution in [1.82, 2.24) is 9.80 Å². The monoisotopic (exact) mass is 270 g/mol. The second-order valence-electron chi connectivity index (χ2n) is 5.62. The van der Waals surface area contributed by atoms with E-state index in [1.807, 2.05) is 0 Å². The number of carboxylic acid groups (broad SMARTS) is 1. The van der Waals surface area contributed by atoms with E-state index in [9.17, 15) is 9.59 Å². The van der Waals surface area contributed by atoms with E-state index in [-0.39, 0.29) is 18.4 Å². The molecule has 19 heavy (non-hydrogen) atoms. The van der Waals surface area contributed by atoms with Crippen molar-refractivity contribution in [2.45, 2.75) is 57.5 Å². The van der Waals surface area contributed by atoms with Gasteiger partial charge in [0.25, 0.3) is 0 Å². The van der Waals surface area contributed by atoms with Crippen LogP contribution in [0.15, 0.2) is 0 Å². The highest BCUT2D eigenvalue weighted by Gasteiger charge is 2.22. The number of carbonyl (C=O) groups excluding carboxylic acids is 1. The fraction of sp³-hybridized carbons (Fsp3) is 0.857. The fourth-order valence-electron chi connectivity index (χ4n) is 2.61. The van der Waals surface area contributed by atoms with Crippen LogP contribution in [0.3, 0.4) is 0 Å². The number of carboxylic acids is 1. The Bertz CT molecular complexity index is 320. The van der Waals surface area contributed by atoms with E-state index in [0.717, 1.165) is 19.4 Å². The predicted molar refractivity (Wildman–Crippen MR) is 74.0 cm³/mol. The van der Waals surface area contributed by atoms with Crippen molar-refractivity contribution in [1.29, 1.82) is 0 Å². The number of aliphatic carboxylic acids is 1. The summed E-state index contributed by atoms with van der Waals surface area (Å²) in [6.45, 7) is 2.89. The van der Waals surface area contributed by atoms with Crippen molar-refractivity contribution in [3.63, 3.8) is 0 Å². The molecule has 0 aliphatic carbocycles. The molecule has 0 aromatic carbocycles. The summed E-state index contributed by atoms with van der Waals surface area (Å²) in [5.41, 5.74) is 0. The average Bonchev–Trinajstić information content (AvgIpc) is 2.35. The molecule has 1 rings (SSSR count). The second kappa shape index (κ2) is 7.48. The largest absolute Gasteiger partial charge is 0.481 e. The number of hydrogen-bond donors (Lipinski definition) is 1. The van der Waals surface area contributed by atoms with Gasteiger partial charge in [-0.3, -0.25) is 9.59 Å². The first-order valence-electron chi connectivity index (χ1n) is 7.09. The van der Waals surface area contributed by atoms with Gasteiger partial charge in [-0.15, -0.1) is 0 Å². The van der Waals surface area contributed by atoms with Gasteiger partial charge in [0.1, 0.15) is 0 Å². The Morgan fingerprint density at radius 2 is 2.11 bits per heavy atom. The Morgan fingerprint density at radius 3 is 2.68 bits per heavy atom. The number of nitrogens with zero attached hydrogens (tertiary/aromatic N) is 2. The Balaban J connectivity index is 2.35. The molecule has 5 heteroatoms. The maximum atomic E-state index is 12.0. The van der Waals surface area contributed by atoms with Crippen LogP contribution in [0.5, 0.6) is 0 Å². The summed E-state index contributed by atoms with van der Waals surface area (Å²) in [5, 5.41) is 8.74. The molecule has 0 bridgehead atoms. The summed E-state index contributed by atoms with van der Waals surface area (Å²) in [4.78, 5) is 26.6. The lowest BCUT2D eigenvalue weighted by molar-refractivity contribution is -0.140. The van der Waals surface area contributed by atoms with Crippen LogP contribution < -0.4 is 0 Å². The summed E-state index contributed by atoms with van der Waals surface area (Å²) in [6, 6.07) is 0.259. The molecule has 0 saturated carbocycles. The van der Waals surface area contributed by atoms with Crippen molar-refractivity contribution in [3.05, 3.63) is 0 Å². The molecule has 0 radical (unpaired) electrons. The first-order chi connectivity index (χ1) is 8.91.